The molecule has 0 spiro atoms. The zero-order valence-electron chi connectivity index (χ0n) is 12.9. The molecule has 0 amide bonds. The molecule has 0 aromatic rings. The monoisotopic (exact) mass is 271 g/mol. The molecule has 0 aromatic heterocycles. The van der Waals surface area contributed by atoms with Crippen LogP contribution >= 0.6 is 0 Å². The molecule has 19 heavy (non-hydrogen) atoms. The molecule has 1 unspecified atom stereocenters. The van der Waals surface area contributed by atoms with E-state index in [0.717, 1.165) is 51.4 Å². The van der Waals surface area contributed by atoms with Crippen LogP contribution in [0.3, 0.4) is 0 Å². The molecule has 1 fully saturated rings. The smallest absolute Gasteiger partial charge is 0.0613 e. The first-order valence-corrected chi connectivity index (χ1v) is 8.20. The third-order valence-electron chi connectivity index (χ3n) is 4.57. The van der Waals surface area contributed by atoms with Crippen LogP contribution in [0.15, 0.2) is 0 Å². The first kappa shape index (κ1) is 16.9. The predicted octanol–water partition coefficient (Wildman–Crippen LogP) is 3.11. The minimum absolute atomic E-state index is 0.0899. The fraction of sp³-hybridized carbons (Fsp3) is 1.00. The first-order valence-electron chi connectivity index (χ1n) is 8.20. The molecule has 3 nitrogen and oxygen atoms in total. The minimum atomic E-state index is -0.0899. The molecule has 0 radical (unpaired) electrons. The van der Waals surface area contributed by atoms with E-state index in [0.29, 0.717) is 0 Å². The van der Waals surface area contributed by atoms with Gasteiger partial charge in [0.2, 0.25) is 0 Å². The number of hydrogen-bond acceptors (Lipinski definition) is 3. The highest BCUT2D eigenvalue weighted by molar-refractivity contribution is 4.85. The van der Waals surface area contributed by atoms with Crippen LogP contribution in [0.4, 0.5) is 0 Å². The largest absolute Gasteiger partial charge is 0.394 e. The van der Waals surface area contributed by atoms with Crippen LogP contribution in [0, 0.1) is 5.92 Å². The summed E-state index contributed by atoms with van der Waals surface area (Å²) in [6.45, 7) is 7.28. The Morgan fingerprint density at radius 3 is 2.58 bits per heavy atom. The first-order chi connectivity index (χ1) is 9.26. The Hall–Kier alpha value is -0.120. The average molecular weight is 271 g/mol. The van der Waals surface area contributed by atoms with Gasteiger partial charge in [0.05, 0.1) is 6.61 Å². The van der Waals surface area contributed by atoms with Gasteiger partial charge in [-0.25, -0.2) is 0 Å². The summed E-state index contributed by atoms with van der Waals surface area (Å²) in [6.07, 6.45) is 9.61. The number of nitrogens with one attached hydrogen (secondary N) is 1. The van der Waals surface area contributed by atoms with Gasteiger partial charge in [0.15, 0.2) is 0 Å². The maximum atomic E-state index is 9.61. The van der Waals surface area contributed by atoms with Crippen molar-refractivity contribution in [1.29, 1.82) is 0 Å². The Morgan fingerprint density at radius 1 is 1.26 bits per heavy atom. The van der Waals surface area contributed by atoms with E-state index in [1.54, 1.807) is 0 Å². The Morgan fingerprint density at radius 2 is 2.05 bits per heavy atom. The van der Waals surface area contributed by atoms with Crippen molar-refractivity contribution in [3.05, 3.63) is 0 Å². The molecule has 0 aliphatic heterocycles. The number of rotatable bonds is 12. The number of aliphatic hydroxyl groups excluding tert-OH is 1. The summed E-state index contributed by atoms with van der Waals surface area (Å²) < 4.78 is 5.72. The summed E-state index contributed by atoms with van der Waals surface area (Å²) in [6, 6.07) is 0. The van der Waals surface area contributed by atoms with E-state index in [1.807, 2.05) is 0 Å². The third kappa shape index (κ3) is 6.24. The number of hydrogen-bond donors (Lipinski definition) is 2. The van der Waals surface area contributed by atoms with Gasteiger partial charge in [-0.15, -0.1) is 0 Å². The highest BCUT2D eigenvalue weighted by Gasteiger charge is 2.25. The van der Waals surface area contributed by atoms with E-state index in [4.69, 9.17) is 4.74 Å². The Bertz CT molecular complexity index is 213. The summed E-state index contributed by atoms with van der Waals surface area (Å²) in [5.41, 5.74) is -0.0899. The SMILES string of the molecule is CCCNC(CC)(CO)CCCOCCC1CCC1. The van der Waals surface area contributed by atoms with Gasteiger partial charge in [0.25, 0.3) is 0 Å². The molecule has 114 valence electrons. The molecule has 0 heterocycles. The zero-order chi connectivity index (χ0) is 14.0. The molecule has 0 aromatic carbocycles. The van der Waals surface area contributed by atoms with Gasteiger partial charge in [-0.3, -0.25) is 0 Å². The second kappa shape index (κ2) is 9.73. The van der Waals surface area contributed by atoms with Crippen LogP contribution in [0.25, 0.3) is 0 Å². The normalized spacial score (nSPS) is 19.1. The molecule has 3 heteroatoms. The Balaban J connectivity index is 2.05. The second-order valence-corrected chi connectivity index (χ2v) is 6.02. The van der Waals surface area contributed by atoms with Gasteiger partial charge in [-0.1, -0.05) is 33.1 Å². The van der Waals surface area contributed by atoms with Crippen LogP contribution in [0.1, 0.15) is 65.2 Å². The van der Waals surface area contributed by atoms with Crippen molar-refractivity contribution in [3.63, 3.8) is 0 Å². The lowest BCUT2D eigenvalue weighted by Crippen LogP contribution is -2.48. The van der Waals surface area contributed by atoms with Crippen molar-refractivity contribution in [1.82, 2.24) is 5.32 Å². The molecular weight excluding hydrogens is 238 g/mol. The standard InChI is InChI=1S/C16H33NO2/c1-3-11-17-16(4-2,14-18)10-6-12-19-13-9-15-7-5-8-15/h15,17-18H,3-14H2,1-2H3. The summed E-state index contributed by atoms with van der Waals surface area (Å²) in [5.74, 6) is 0.943. The molecule has 1 aliphatic rings. The molecule has 1 saturated carbocycles. The van der Waals surface area contributed by atoms with E-state index in [1.165, 1.54) is 25.7 Å². The molecule has 1 atom stereocenters. The highest BCUT2D eigenvalue weighted by Crippen LogP contribution is 2.29. The van der Waals surface area contributed by atoms with Gasteiger partial charge in [0, 0.05) is 18.8 Å². The van der Waals surface area contributed by atoms with Crippen LogP contribution in [-0.4, -0.2) is 37.0 Å². The van der Waals surface area contributed by atoms with Crippen molar-refractivity contribution in [2.24, 2.45) is 5.92 Å². The summed E-state index contributed by atoms with van der Waals surface area (Å²) in [5, 5.41) is 13.1. The van der Waals surface area contributed by atoms with Gasteiger partial charge >= 0.3 is 0 Å². The lowest BCUT2D eigenvalue weighted by atomic mass is 9.83. The maximum Gasteiger partial charge on any atom is 0.0613 e. The summed E-state index contributed by atoms with van der Waals surface area (Å²) >= 11 is 0. The van der Waals surface area contributed by atoms with Gasteiger partial charge in [-0.2, -0.15) is 0 Å². The zero-order valence-corrected chi connectivity index (χ0v) is 12.9. The lowest BCUT2D eigenvalue weighted by molar-refractivity contribution is 0.0874. The topological polar surface area (TPSA) is 41.5 Å². The van der Waals surface area contributed by atoms with Crippen LogP contribution in [-0.2, 0) is 4.74 Å². The van der Waals surface area contributed by atoms with Crippen LogP contribution in [0.2, 0.25) is 0 Å². The molecule has 1 aliphatic carbocycles. The Kier molecular flexibility index (Phi) is 8.67. The molecule has 0 saturated heterocycles. The van der Waals surface area contributed by atoms with Crippen molar-refractivity contribution < 1.29 is 9.84 Å². The van der Waals surface area contributed by atoms with Gasteiger partial charge in [-0.05, 0) is 44.6 Å². The molecular formula is C16H33NO2. The molecule has 2 N–H and O–H groups in total. The van der Waals surface area contributed by atoms with Crippen LogP contribution < -0.4 is 5.32 Å². The van der Waals surface area contributed by atoms with Crippen LogP contribution in [0.5, 0.6) is 0 Å². The van der Waals surface area contributed by atoms with Crippen molar-refractivity contribution >= 4 is 0 Å². The average Bonchev–Trinajstić information content (AvgIpc) is 2.39. The van der Waals surface area contributed by atoms with Crippen molar-refractivity contribution in [3.8, 4) is 0 Å². The fourth-order valence-electron chi connectivity index (χ4n) is 2.67. The van der Waals surface area contributed by atoms with E-state index < -0.39 is 0 Å². The Labute approximate surface area is 119 Å². The summed E-state index contributed by atoms with van der Waals surface area (Å²) in [7, 11) is 0. The third-order valence-corrected chi connectivity index (χ3v) is 4.57. The summed E-state index contributed by atoms with van der Waals surface area (Å²) in [4.78, 5) is 0. The van der Waals surface area contributed by atoms with E-state index in [-0.39, 0.29) is 12.1 Å². The predicted molar refractivity (Wildman–Crippen MR) is 80.4 cm³/mol. The minimum Gasteiger partial charge on any atom is -0.394 e. The lowest BCUT2D eigenvalue weighted by Gasteiger charge is -2.32. The second-order valence-electron chi connectivity index (χ2n) is 6.02. The fourth-order valence-corrected chi connectivity index (χ4v) is 2.67. The van der Waals surface area contributed by atoms with Crippen molar-refractivity contribution in [2.75, 3.05) is 26.4 Å². The van der Waals surface area contributed by atoms with Gasteiger partial charge in [0.1, 0.15) is 0 Å². The highest BCUT2D eigenvalue weighted by atomic mass is 16.5. The van der Waals surface area contributed by atoms with E-state index in [2.05, 4.69) is 19.2 Å². The number of ether oxygens (including phenoxy) is 1. The molecule has 0 bridgehead atoms. The van der Waals surface area contributed by atoms with E-state index >= 15 is 0 Å². The van der Waals surface area contributed by atoms with Crippen molar-refractivity contribution in [2.45, 2.75) is 70.8 Å². The number of aliphatic hydroxyl groups is 1. The maximum absolute atomic E-state index is 9.61. The molecule has 1 rings (SSSR count). The van der Waals surface area contributed by atoms with E-state index in [9.17, 15) is 5.11 Å². The van der Waals surface area contributed by atoms with Gasteiger partial charge < -0.3 is 15.2 Å². The quantitative estimate of drug-likeness (QED) is 0.536.